The van der Waals surface area contributed by atoms with Crippen molar-refractivity contribution in [2.24, 2.45) is 0 Å². The largest absolute Gasteiger partial charge is 0.361 e. The van der Waals surface area contributed by atoms with E-state index >= 15 is 0 Å². The van der Waals surface area contributed by atoms with Gasteiger partial charge < -0.3 is 4.74 Å². The molecule has 0 bridgehead atoms. The molecule has 0 aromatic carbocycles. The Hall–Kier alpha value is -0.693. The molecule has 19 heavy (non-hydrogen) atoms. The molecule has 2 heterocycles. The normalized spacial score (nSPS) is 12.3. The van der Waals surface area contributed by atoms with Crippen molar-refractivity contribution in [2.45, 2.75) is 32.4 Å². The van der Waals surface area contributed by atoms with Crippen LogP contribution in [-0.2, 0) is 11.5 Å². The van der Waals surface area contributed by atoms with Gasteiger partial charge in [0.15, 0.2) is 10.8 Å². The van der Waals surface area contributed by atoms with Gasteiger partial charge in [0.25, 0.3) is 0 Å². The number of rotatable bonds is 5. The van der Waals surface area contributed by atoms with Gasteiger partial charge in [0.05, 0.1) is 0 Å². The maximum atomic E-state index is 6.06. The van der Waals surface area contributed by atoms with Crippen molar-refractivity contribution in [2.75, 3.05) is 6.61 Å². The molecule has 0 amide bonds. The highest BCUT2D eigenvalue weighted by atomic mass is 35.5. The summed E-state index contributed by atoms with van der Waals surface area (Å²) in [5, 5.41) is 0.609. The zero-order valence-corrected chi connectivity index (χ0v) is 13.7. The van der Waals surface area contributed by atoms with E-state index in [0.29, 0.717) is 34.9 Å². The molecular formula is C11H16Cl2N4OSi. The average Bonchev–Trinajstić information content (AvgIpc) is 2.62. The molecule has 0 unspecified atom stereocenters. The maximum absolute atomic E-state index is 6.06. The van der Waals surface area contributed by atoms with Crippen molar-refractivity contribution in [1.82, 2.24) is 19.5 Å². The molecule has 0 aliphatic heterocycles. The average molecular weight is 319 g/mol. The second-order valence-corrected chi connectivity index (χ2v) is 11.8. The van der Waals surface area contributed by atoms with Crippen molar-refractivity contribution >= 4 is 42.4 Å². The van der Waals surface area contributed by atoms with Crippen LogP contribution in [-0.4, -0.2) is 34.2 Å². The van der Waals surface area contributed by atoms with E-state index in [1.165, 1.54) is 6.33 Å². The van der Waals surface area contributed by atoms with Gasteiger partial charge in [-0.05, 0) is 17.6 Å². The lowest BCUT2D eigenvalue weighted by molar-refractivity contribution is 0.0897. The Morgan fingerprint density at radius 3 is 2.68 bits per heavy atom. The molecule has 2 rings (SSSR count). The highest BCUT2D eigenvalue weighted by molar-refractivity contribution is 6.76. The van der Waals surface area contributed by atoms with E-state index in [0.717, 1.165) is 6.04 Å². The Morgan fingerprint density at radius 2 is 2.00 bits per heavy atom. The Balaban J connectivity index is 2.09. The number of hydrogen-bond donors (Lipinski definition) is 0. The molecule has 2 aromatic heterocycles. The lowest BCUT2D eigenvalue weighted by atomic mass is 10.5. The molecule has 0 aliphatic carbocycles. The number of hydrogen-bond acceptors (Lipinski definition) is 4. The van der Waals surface area contributed by atoms with Gasteiger partial charge in [-0.2, -0.15) is 0 Å². The summed E-state index contributed by atoms with van der Waals surface area (Å²) in [5.74, 6) is 0. The number of fused-ring (bicyclic) bond motifs is 1. The molecule has 8 heteroatoms. The fraction of sp³-hybridized carbons (Fsp3) is 0.545. The summed E-state index contributed by atoms with van der Waals surface area (Å²) in [6, 6.07) is 1.10. The van der Waals surface area contributed by atoms with E-state index in [9.17, 15) is 0 Å². The van der Waals surface area contributed by atoms with Crippen LogP contribution in [0.2, 0.25) is 36.1 Å². The minimum Gasteiger partial charge on any atom is -0.361 e. The standard InChI is InChI=1S/C11H16Cl2N4OSi/c1-19(2,3)5-4-18-7-17-10-8(16-11(17)13)9(12)14-6-15-10/h6H,4-5,7H2,1-3H3. The van der Waals surface area contributed by atoms with E-state index in [-0.39, 0.29) is 0 Å². The summed E-state index contributed by atoms with van der Waals surface area (Å²) in [6.45, 7) is 7.96. The van der Waals surface area contributed by atoms with E-state index in [1.54, 1.807) is 4.57 Å². The van der Waals surface area contributed by atoms with Gasteiger partial charge in [-0.3, -0.25) is 4.57 Å². The number of halogens is 2. The van der Waals surface area contributed by atoms with Crippen LogP contribution in [0.15, 0.2) is 6.33 Å². The molecule has 0 spiro atoms. The molecule has 104 valence electrons. The van der Waals surface area contributed by atoms with Crippen molar-refractivity contribution in [3.8, 4) is 0 Å². The van der Waals surface area contributed by atoms with Crippen LogP contribution in [0.5, 0.6) is 0 Å². The summed E-state index contributed by atoms with van der Waals surface area (Å²) < 4.78 is 7.34. The van der Waals surface area contributed by atoms with Gasteiger partial charge >= 0.3 is 0 Å². The molecule has 0 fully saturated rings. The van der Waals surface area contributed by atoms with Crippen LogP contribution in [0.4, 0.5) is 0 Å². The smallest absolute Gasteiger partial charge is 0.207 e. The molecular weight excluding hydrogens is 303 g/mol. The summed E-state index contributed by atoms with van der Waals surface area (Å²) in [4.78, 5) is 12.2. The van der Waals surface area contributed by atoms with Crippen molar-refractivity contribution in [3.63, 3.8) is 0 Å². The zero-order valence-electron chi connectivity index (χ0n) is 11.2. The van der Waals surface area contributed by atoms with Gasteiger partial charge in [0.2, 0.25) is 5.28 Å². The van der Waals surface area contributed by atoms with E-state index in [2.05, 4.69) is 34.6 Å². The lowest BCUT2D eigenvalue weighted by Crippen LogP contribution is -2.22. The minimum absolute atomic E-state index is 0.299. The third-order valence-corrected chi connectivity index (χ3v) is 4.93. The fourth-order valence-corrected chi connectivity index (χ4v) is 2.67. The molecule has 0 atom stereocenters. The predicted octanol–water partition coefficient (Wildman–Crippen LogP) is 3.45. The fourth-order valence-electron chi connectivity index (χ4n) is 1.53. The first-order valence-corrected chi connectivity index (χ1v) is 10.4. The highest BCUT2D eigenvalue weighted by Gasteiger charge is 2.15. The SMILES string of the molecule is C[Si](C)(C)CCOCn1c(Cl)nc2c(Cl)ncnc21. The molecule has 5 nitrogen and oxygen atoms in total. The Bertz CT molecular complexity index is 582. The van der Waals surface area contributed by atoms with Gasteiger partial charge in [0.1, 0.15) is 18.6 Å². The van der Waals surface area contributed by atoms with Gasteiger partial charge in [-0.15, -0.1) is 0 Å². The van der Waals surface area contributed by atoms with Crippen LogP contribution in [0.1, 0.15) is 0 Å². The van der Waals surface area contributed by atoms with Crippen LogP contribution in [0.3, 0.4) is 0 Å². The van der Waals surface area contributed by atoms with Gasteiger partial charge in [-0.25, -0.2) is 15.0 Å². The number of aromatic nitrogens is 4. The van der Waals surface area contributed by atoms with Crippen molar-refractivity contribution < 1.29 is 4.74 Å². The Morgan fingerprint density at radius 1 is 1.26 bits per heavy atom. The summed E-state index contributed by atoms with van der Waals surface area (Å²) in [5.41, 5.74) is 1.10. The lowest BCUT2D eigenvalue weighted by Gasteiger charge is -2.15. The van der Waals surface area contributed by atoms with Crippen LogP contribution in [0.25, 0.3) is 11.2 Å². The highest BCUT2D eigenvalue weighted by Crippen LogP contribution is 2.22. The van der Waals surface area contributed by atoms with Crippen molar-refractivity contribution in [1.29, 1.82) is 0 Å². The molecule has 0 radical (unpaired) electrons. The Kier molecular flexibility index (Phi) is 4.45. The first kappa shape index (κ1) is 14.7. The quantitative estimate of drug-likeness (QED) is 0.367. The third kappa shape index (κ3) is 3.66. The molecule has 2 aromatic rings. The molecule has 0 saturated carbocycles. The predicted molar refractivity (Wildman–Crippen MR) is 79.4 cm³/mol. The topological polar surface area (TPSA) is 52.8 Å². The monoisotopic (exact) mass is 318 g/mol. The van der Waals surface area contributed by atoms with Crippen LogP contribution in [0, 0.1) is 0 Å². The van der Waals surface area contributed by atoms with Gasteiger partial charge in [0, 0.05) is 14.7 Å². The third-order valence-electron chi connectivity index (χ3n) is 2.66. The second kappa shape index (κ2) is 5.74. The van der Waals surface area contributed by atoms with E-state index in [4.69, 9.17) is 27.9 Å². The Labute approximate surface area is 122 Å². The molecule has 0 N–H and O–H groups in total. The maximum Gasteiger partial charge on any atom is 0.207 e. The molecule has 0 saturated heterocycles. The van der Waals surface area contributed by atoms with E-state index < -0.39 is 8.07 Å². The second-order valence-electron chi connectivity index (χ2n) is 5.49. The first-order chi connectivity index (χ1) is 8.88. The number of ether oxygens (including phenoxy) is 1. The molecule has 0 aliphatic rings. The minimum atomic E-state index is -1.09. The number of imidazole rings is 1. The summed E-state index contributed by atoms with van der Waals surface area (Å²) in [7, 11) is -1.09. The summed E-state index contributed by atoms with van der Waals surface area (Å²) >= 11 is 12.0. The first-order valence-electron chi connectivity index (χ1n) is 5.98. The number of nitrogens with zero attached hydrogens (tertiary/aromatic N) is 4. The van der Waals surface area contributed by atoms with Crippen molar-refractivity contribution in [3.05, 3.63) is 16.8 Å². The van der Waals surface area contributed by atoms with Crippen LogP contribution >= 0.6 is 23.2 Å². The zero-order chi connectivity index (χ0) is 14.0. The van der Waals surface area contributed by atoms with Crippen LogP contribution < -0.4 is 0 Å². The summed E-state index contributed by atoms with van der Waals surface area (Å²) in [6.07, 6.45) is 1.39. The van der Waals surface area contributed by atoms with E-state index in [1.807, 2.05) is 0 Å². The van der Waals surface area contributed by atoms with Gasteiger partial charge in [-0.1, -0.05) is 31.2 Å².